The molecule has 0 amide bonds. The molecule has 0 saturated carbocycles. The lowest BCUT2D eigenvalue weighted by molar-refractivity contribution is -0.269. The van der Waals surface area contributed by atoms with Gasteiger partial charge < -0.3 is 14.4 Å². The van der Waals surface area contributed by atoms with Crippen molar-refractivity contribution in [1.29, 1.82) is 0 Å². The summed E-state index contributed by atoms with van der Waals surface area (Å²) in [5.74, 6) is -1.10. The fraction of sp³-hybridized carbons (Fsp3) is 0.400. The van der Waals surface area contributed by atoms with Crippen molar-refractivity contribution in [2.45, 2.75) is 25.1 Å². The predicted molar refractivity (Wildman–Crippen MR) is 74.1 cm³/mol. The largest absolute Gasteiger partial charge is 0.466 e. The fourth-order valence-corrected chi connectivity index (χ4v) is 2.44. The van der Waals surface area contributed by atoms with E-state index in [4.69, 9.17) is 0 Å². The predicted octanol–water partition coefficient (Wildman–Crippen LogP) is 2.88. The van der Waals surface area contributed by atoms with E-state index in [-0.39, 0.29) is 17.6 Å². The lowest BCUT2D eigenvalue weighted by atomic mass is 9.89. The number of esters is 1. The highest BCUT2D eigenvalue weighted by Crippen LogP contribution is 2.44. The third-order valence-electron chi connectivity index (χ3n) is 3.52. The van der Waals surface area contributed by atoms with Gasteiger partial charge in [0.1, 0.15) is 0 Å². The zero-order valence-corrected chi connectivity index (χ0v) is 12.1. The van der Waals surface area contributed by atoms with Crippen molar-refractivity contribution in [3.05, 3.63) is 36.0 Å². The van der Waals surface area contributed by atoms with Gasteiger partial charge in [0, 0.05) is 29.7 Å². The Kier molecular flexibility index (Phi) is 4.19. The molecule has 7 heteroatoms. The summed E-state index contributed by atoms with van der Waals surface area (Å²) in [6.45, 7) is 1.44. The van der Waals surface area contributed by atoms with Gasteiger partial charge in [-0.2, -0.15) is 13.2 Å². The number of fused-ring (bicyclic) bond motifs is 1. The number of hydrogen-bond acceptors (Lipinski definition) is 3. The molecular formula is C15H16F3NO3. The number of halogens is 3. The van der Waals surface area contributed by atoms with Crippen LogP contribution >= 0.6 is 0 Å². The van der Waals surface area contributed by atoms with E-state index in [9.17, 15) is 23.1 Å². The standard InChI is InChI=1S/C15H16F3NO3/c1-3-22-13(20)8-14(21,15(16,17)18)11-9-19(2)12-7-5-4-6-10(11)12/h4-7,9,21H,3,8H2,1-2H3. The molecule has 22 heavy (non-hydrogen) atoms. The smallest absolute Gasteiger partial charge is 0.422 e. The number of aromatic nitrogens is 1. The summed E-state index contributed by atoms with van der Waals surface area (Å²) < 4.78 is 46.4. The molecule has 0 aliphatic rings. The van der Waals surface area contributed by atoms with Crippen LogP contribution in [-0.2, 0) is 22.2 Å². The van der Waals surface area contributed by atoms with Crippen LogP contribution in [0.1, 0.15) is 18.9 Å². The van der Waals surface area contributed by atoms with Gasteiger partial charge in [-0.05, 0) is 13.0 Å². The zero-order valence-electron chi connectivity index (χ0n) is 12.1. The van der Waals surface area contributed by atoms with Crippen LogP contribution in [0.15, 0.2) is 30.5 Å². The lowest BCUT2D eigenvalue weighted by Gasteiger charge is -2.29. The van der Waals surface area contributed by atoms with Gasteiger partial charge in [-0.1, -0.05) is 18.2 Å². The Bertz CT molecular complexity index is 693. The molecule has 1 heterocycles. The van der Waals surface area contributed by atoms with Crippen molar-refractivity contribution in [3.63, 3.8) is 0 Å². The van der Waals surface area contributed by atoms with Crippen molar-refractivity contribution in [3.8, 4) is 0 Å². The van der Waals surface area contributed by atoms with Gasteiger partial charge in [0.2, 0.25) is 0 Å². The van der Waals surface area contributed by atoms with Crippen LogP contribution in [0.4, 0.5) is 13.2 Å². The molecule has 0 bridgehead atoms. The Morgan fingerprint density at radius 3 is 2.55 bits per heavy atom. The van der Waals surface area contributed by atoms with Crippen LogP contribution in [0.2, 0.25) is 0 Å². The lowest BCUT2D eigenvalue weighted by Crippen LogP contribution is -2.44. The summed E-state index contributed by atoms with van der Waals surface area (Å²) in [7, 11) is 1.58. The summed E-state index contributed by atoms with van der Waals surface area (Å²) in [4.78, 5) is 11.5. The van der Waals surface area contributed by atoms with Gasteiger partial charge in [0.25, 0.3) is 0 Å². The summed E-state index contributed by atoms with van der Waals surface area (Å²) in [5.41, 5.74) is -3.12. The molecule has 0 radical (unpaired) electrons. The van der Waals surface area contributed by atoms with Gasteiger partial charge in [0.15, 0.2) is 5.60 Å². The van der Waals surface area contributed by atoms with E-state index >= 15 is 0 Å². The number of hydrogen-bond donors (Lipinski definition) is 1. The topological polar surface area (TPSA) is 51.5 Å². The Balaban J connectivity index is 2.60. The molecule has 1 aromatic heterocycles. The van der Waals surface area contributed by atoms with E-state index in [0.717, 1.165) is 0 Å². The minimum atomic E-state index is -5.01. The number of alkyl halides is 3. The SMILES string of the molecule is CCOC(=O)CC(O)(c1cn(C)c2ccccc12)C(F)(F)F. The van der Waals surface area contributed by atoms with Crippen LogP contribution < -0.4 is 0 Å². The first-order valence-electron chi connectivity index (χ1n) is 6.70. The highest BCUT2D eigenvalue weighted by atomic mass is 19.4. The number of ether oxygens (including phenoxy) is 1. The summed E-state index contributed by atoms with van der Waals surface area (Å²) in [5, 5.41) is 10.5. The van der Waals surface area contributed by atoms with Crippen molar-refractivity contribution < 1.29 is 27.8 Å². The zero-order chi connectivity index (χ0) is 16.5. The Morgan fingerprint density at radius 2 is 1.95 bits per heavy atom. The minimum Gasteiger partial charge on any atom is -0.466 e. The maximum absolute atomic E-state index is 13.5. The molecular weight excluding hydrogens is 299 g/mol. The monoisotopic (exact) mass is 315 g/mol. The van der Waals surface area contributed by atoms with Gasteiger partial charge in [-0.3, -0.25) is 4.79 Å². The molecule has 4 nitrogen and oxygen atoms in total. The minimum absolute atomic E-state index is 0.0533. The van der Waals surface area contributed by atoms with Crippen molar-refractivity contribution >= 4 is 16.9 Å². The second-order valence-electron chi connectivity index (χ2n) is 5.01. The fourth-order valence-electron chi connectivity index (χ4n) is 2.44. The molecule has 1 aromatic carbocycles. The first-order chi connectivity index (χ1) is 10.2. The number of carbonyl (C=O) groups excluding carboxylic acids is 1. The number of rotatable bonds is 4. The number of nitrogens with zero attached hydrogens (tertiary/aromatic N) is 1. The molecule has 2 aromatic rings. The summed E-state index contributed by atoms with van der Waals surface area (Å²) in [6, 6.07) is 6.38. The molecule has 0 fully saturated rings. The van der Waals surface area contributed by atoms with Gasteiger partial charge in [0.05, 0.1) is 13.0 Å². The molecule has 0 saturated heterocycles. The second kappa shape index (κ2) is 5.64. The van der Waals surface area contributed by atoms with Crippen LogP contribution in [0.5, 0.6) is 0 Å². The maximum Gasteiger partial charge on any atom is 0.422 e. The average molecular weight is 315 g/mol. The number of para-hydroxylation sites is 1. The molecule has 1 N–H and O–H groups in total. The number of carbonyl (C=O) groups is 1. The highest BCUT2D eigenvalue weighted by Gasteiger charge is 2.57. The van der Waals surface area contributed by atoms with Gasteiger partial charge >= 0.3 is 12.1 Å². The van der Waals surface area contributed by atoms with E-state index < -0.39 is 24.2 Å². The van der Waals surface area contributed by atoms with E-state index in [2.05, 4.69) is 4.74 Å². The maximum atomic E-state index is 13.5. The van der Waals surface area contributed by atoms with E-state index in [1.54, 1.807) is 25.2 Å². The first kappa shape index (κ1) is 16.4. The highest BCUT2D eigenvalue weighted by molar-refractivity contribution is 5.86. The Labute approximate surface area is 125 Å². The van der Waals surface area contributed by atoms with E-state index in [1.807, 2.05) is 0 Å². The van der Waals surface area contributed by atoms with Crippen LogP contribution in [-0.4, -0.2) is 28.4 Å². The first-order valence-corrected chi connectivity index (χ1v) is 6.70. The summed E-state index contributed by atoms with van der Waals surface area (Å²) >= 11 is 0. The van der Waals surface area contributed by atoms with Crippen LogP contribution in [0.25, 0.3) is 10.9 Å². The Hall–Kier alpha value is -2.02. The Morgan fingerprint density at radius 1 is 1.32 bits per heavy atom. The molecule has 0 spiro atoms. The van der Waals surface area contributed by atoms with Crippen molar-refractivity contribution in [2.24, 2.45) is 7.05 Å². The molecule has 1 unspecified atom stereocenters. The number of aliphatic hydroxyl groups is 1. The normalized spacial score (nSPS) is 14.8. The molecule has 1 atom stereocenters. The van der Waals surface area contributed by atoms with Crippen molar-refractivity contribution in [1.82, 2.24) is 4.57 Å². The molecule has 2 rings (SSSR count). The van der Waals surface area contributed by atoms with Gasteiger partial charge in [-0.15, -0.1) is 0 Å². The molecule has 0 aliphatic carbocycles. The number of aryl methyl sites for hydroxylation is 1. The summed E-state index contributed by atoms with van der Waals surface area (Å²) in [6.07, 6.45) is -5.00. The second-order valence-corrected chi connectivity index (χ2v) is 5.01. The van der Waals surface area contributed by atoms with Crippen LogP contribution in [0, 0.1) is 0 Å². The third-order valence-corrected chi connectivity index (χ3v) is 3.52. The average Bonchev–Trinajstić information content (AvgIpc) is 2.76. The molecule has 120 valence electrons. The van der Waals surface area contributed by atoms with Gasteiger partial charge in [-0.25, -0.2) is 0 Å². The molecule has 0 aliphatic heterocycles. The quantitative estimate of drug-likeness (QED) is 0.883. The van der Waals surface area contributed by atoms with Crippen LogP contribution in [0.3, 0.4) is 0 Å². The van der Waals surface area contributed by atoms with Crippen molar-refractivity contribution in [2.75, 3.05) is 6.61 Å². The third kappa shape index (κ3) is 2.68. The van der Waals surface area contributed by atoms with E-state index in [0.29, 0.717) is 5.52 Å². The van der Waals surface area contributed by atoms with E-state index in [1.165, 1.54) is 23.8 Å². The number of benzene rings is 1.